The number of nitrogens with one attached hydrogen (secondary N) is 1. The Labute approximate surface area is 126 Å². The first-order valence-corrected chi connectivity index (χ1v) is 6.29. The van der Waals surface area contributed by atoms with Crippen LogP contribution < -0.4 is 10.5 Å². The van der Waals surface area contributed by atoms with Crippen LogP contribution in [0.15, 0.2) is 34.9 Å². The fourth-order valence-electron chi connectivity index (χ4n) is 1.49. The number of halogens is 2. The summed E-state index contributed by atoms with van der Waals surface area (Å²) >= 11 is 2.87. The molecule has 0 bridgehead atoms. The maximum absolute atomic E-state index is 13.5. The summed E-state index contributed by atoms with van der Waals surface area (Å²) in [5.74, 6) is -1.25. The van der Waals surface area contributed by atoms with Gasteiger partial charge < -0.3 is 10.5 Å². The number of nitrogens with zero attached hydrogens (tertiary/aromatic N) is 2. The third kappa shape index (κ3) is 3.31. The minimum Gasteiger partial charge on any atom is -0.432 e. The number of nitrogens with two attached hydrogens (primary N) is 1. The van der Waals surface area contributed by atoms with Gasteiger partial charge in [0.15, 0.2) is 0 Å². The van der Waals surface area contributed by atoms with Crippen LogP contribution in [0.5, 0.6) is 11.6 Å². The van der Waals surface area contributed by atoms with E-state index in [4.69, 9.17) is 15.9 Å². The maximum atomic E-state index is 13.5. The van der Waals surface area contributed by atoms with Crippen LogP contribution in [0.4, 0.5) is 10.1 Å². The SMILES string of the molecule is N=C(N)c1ccnc(Oc2cc(F)c(Br)cc2[N+](=O)[O-])c1. The molecule has 0 amide bonds. The second kappa shape index (κ2) is 5.83. The Balaban J connectivity index is 2.43. The van der Waals surface area contributed by atoms with Crippen molar-refractivity contribution in [3.05, 3.63) is 56.4 Å². The van der Waals surface area contributed by atoms with E-state index in [2.05, 4.69) is 20.9 Å². The molecule has 108 valence electrons. The van der Waals surface area contributed by atoms with Gasteiger partial charge in [-0.25, -0.2) is 9.37 Å². The highest BCUT2D eigenvalue weighted by atomic mass is 79.9. The van der Waals surface area contributed by atoms with Crippen molar-refractivity contribution in [1.82, 2.24) is 4.98 Å². The Morgan fingerprint density at radius 1 is 1.48 bits per heavy atom. The van der Waals surface area contributed by atoms with Gasteiger partial charge in [0.05, 0.1) is 9.40 Å². The van der Waals surface area contributed by atoms with Gasteiger partial charge in [0.25, 0.3) is 0 Å². The number of pyridine rings is 1. The van der Waals surface area contributed by atoms with Crippen molar-refractivity contribution in [2.75, 3.05) is 0 Å². The first kappa shape index (κ1) is 14.9. The smallest absolute Gasteiger partial charge is 0.312 e. The van der Waals surface area contributed by atoms with E-state index in [1.54, 1.807) is 0 Å². The minimum absolute atomic E-state index is 0.0347. The number of hydrogen-bond acceptors (Lipinski definition) is 5. The number of rotatable bonds is 4. The zero-order chi connectivity index (χ0) is 15.6. The van der Waals surface area contributed by atoms with Gasteiger partial charge in [-0.2, -0.15) is 0 Å². The molecule has 0 unspecified atom stereocenters. The normalized spacial score (nSPS) is 10.2. The topological polar surface area (TPSA) is 115 Å². The molecule has 1 heterocycles. The highest BCUT2D eigenvalue weighted by Gasteiger charge is 2.20. The van der Waals surface area contributed by atoms with Crippen LogP contribution in [0.1, 0.15) is 5.56 Å². The Morgan fingerprint density at radius 3 is 2.81 bits per heavy atom. The molecule has 0 saturated heterocycles. The highest BCUT2D eigenvalue weighted by molar-refractivity contribution is 9.10. The average molecular weight is 355 g/mol. The third-order valence-corrected chi connectivity index (χ3v) is 3.07. The molecule has 7 nitrogen and oxygen atoms in total. The van der Waals surface area contributed by atoms with Crippen LogP contribution in [0, 0.1) is 21.3 Å². The summed E-state index contributed by atoms with van der Waals surface area (Å²) < 4.78 is 18.7. The number of nitro benzene ring substituents is 1. The first-order chi connectivity index (χ1) is 9.88. The van der Waals surface area contributed by atoms with Crippen molar-refractivity contribution in [1.29, 1.82) is 5.41 Å². The van der Waals surface area contributed by atoms with E-state index in [1.807, 2.05) is 0 Å². The monoisotopic (exact) mass is 354 g/mol. The van der Waals surface area contributed by atoms with Crippen molar-refractivity contribution in [3.8, 4) is 11.6 Å². The average Bonchev–Trinajstić information content (AvgIpc) is 2.42. The maximum Gasteiger partial charge on any atom is 0.312 e. The van der Waals surface area contributed by atoms with Crippen molar-refractivity contribution in [2.24, 2.45) is 5.73 Å². The van der Waals surface area contributed by atoms with Crippen LogP contribution in [-0.2, 0) is 0 Å². The predicted molar refractivity (Wildman–Crippen MR) is 76.1 cm³/mol. The van der Waals surface area contributed by atoms with Crippen molar-refractivity contribution >= 4 is 27.5 Å². The minimum atomic E-state index is -0.710. The number of aromatic nitrogens is 1. The molecular formula is C12H8BrFN4O3. The van der Waals surface area contributed by atoms with E-state index >= 15 is 0 Å². The zero-order valence-corrected chi connectivity index (χ0v) is 11.9. The summed E-state index contributed by atoms with van der Waals surface area (Å²) in [6, 6.07) is 4.68. The van der Waals surface area contributed by atoms with Gasteiger partial charge in [-0.15, -0.1) is 0 Å². The molecule has 1 aromatic carbocycles. The number of amidine groups is 1. The lowest BCUT2D eigenvalue weighted by atomic mass is 10.2. The summed E-state index contributed by atoms with van der Waals surface area (Å²) in [6.45, 7) is 0. The molecule has 0 saturated carbocycles. The molecule has 0 radical (unpaired) electrons. The van der Waals surface area contributed by atoms with Gasteiger partial charge in [0.2, 0.25) is 11.6 Å². The molecule has 2 rings (SSSR count). The van der Waals surface area contributed by atoms with E-state index in [-0.39, 0.29) is 21.9 Å². The fourth-order valence-corrected chi connectivity index (χ4v) is 1.82. The standard InChI is InChI=1S/C12H8BrFN4O3/c13-7-4-9(18(19)20)10(5-8(7)14)21-11-3-6(12(15)16)1-2-17-11/h1-5H,(H3,15,16). The zero-order valence-electron chi connectivity index (χ0n) is 10.3. The van der Waals surface area contributed by atoms with Crippen LogP contribution in [0.25, 0.3) is 0 Å². The lowest BCUT2D eigenvalue weighted by molar-refractivity contribution is -0.385. The number of nitrogen functional groups attached to an aromatic ring is 1. The van der Waals surface area contributed by atoms with Gasteiger partial charge in [-0.3, -0.25) is 15.5 Å². The van der Waals surface area contributed by atoms with Crippen LogP contribution >= 0.6 is 15.9 Å². The highest BCUT2D eigenvalue weighted by Crippen LogP contribution is 2.35. The molecule has 2 aromatic rings. The van der Waals surface area contributed by atoms with Crippen molar-refractivity contribution in [2.45, 2.75) is 0 Å². The summed E-state index contributed by atoms with van der Waals surface area (Å²) in [5.41, 5.74) is 5.24. The Kier molecular flexibility index (Phi) is 4.13. The van der Waals surface area contributed by atoms with Crippen LogP contribution in [-0.4, -0.2) is 15.7 Å². The van der Waals surface area contributed by atoms with E-state index in [1.165, 1.54) is 18.3 Å². The second-order valence-corrected chi connectivity index (χ2v) is 4.74. The number of nitro groups is 1. The number of hydrogen-bond donors (Lipinski definition) is 2. The van der Waals surface area contributed by atoms with E-state index < -0.39 is 16.4 Å². The van der Waals surface area contributed by atoms with Crippen LogP contribution in [0.2, 0.25) is 0 Å². The summed E-state index contributed by atoms with van der Waals surface area (Å²) in [7, 11) is 0. The van der Waals surface area contributed by atoms with Gasteiger partial charge in [0, 0.05) is 30.0 Å². The first-order valence-electron chi connectivity index (χ1n) is 5.50. The molecule has 0 fully saturated rings. The van der Waals surface area contributed by atoms with Crippen LogP contribution in [0.3, 0.4) is 0 Å². The molecule has 0 spiro atoms. The van der Waals surface area contributed by atoms with Crippen molar-refractivity contribution in [3.63, 3.8) is 0 Å². The molecule has 1 aromatic heterocycles. The van der Waals surface area contributed by atoms with Gasteiger partial charge >= 0.3 is 5.69 Å². The molecule has 9 heteroatoms. The lowest BCUT2D eigenvalue weighted by Crippen LogP contribution is -2.11. The summed E-state index contributed by atoms with van der Waals surface area (Å²) in [4.78, 5) is 14.1. The molecule has 0 aliphatic rings. The molecule has 3 N–H and O–H groups in total. The summed E-state index contributed by atoms with van der Waals surface area (Å²) in [6.07, 6.45) is 1.33. The molecule has 0 aliphatic carbocycles. The Bertz CT molecular complexity index is 738. The fraction of sp³-hybridized carbons (Fsp3) is 0. The Hall–Kier alpha value is -2.55. The van der Waals surface area contributed by atoms with Gasteiger partial charge in [-0.05, 0) is 22.0 Å². The number of benzene rings is 1. The van der Waals surface area contributed by atoms with E-state index in [9.17, 15) is 14.5 Å². The molecule has 21 heavy (non-hydrogen) atoms. The van der Waals surface area contributed by atoms with Gasteiger partial charge in [-0.1, -0.05) is 0 Å². The predicted octanol–water partition coefficient (Wildman–Crippen LogP) is 2.97. The number of ether oxygens (including phenoxy) is 1. The van der Waals surface area contributed by atoms with Crippen molar-refractivity contribution < 1.29 is 14.1 Å². The van der Waals surface area contributed by atoms with E-state index in [0.29, 0.717) is 5.56 Å². The largest absolute Gasteiger partial charge is 0.432 e. The van der Waals surface area contributed by atoms with E-state index in [0.717, 1.165) is 12.1 Å². The quantitative estimate of drug-likeness (QED) is 0.379. The van der Waals surface area contributed by atoms with Gasteiger partial charge in [0.1, 0.15) is 11.7 Å². The Morgan fingerprint density at radius 2 is 2.19 bits per heavy atom. The lowest BCUT2D eigenvalue weighted by Gasteiger charge is -2.07. The summed E-state index contributed by atoms with van der Waals surface area (Å²) in [5, 5.41) is 18.3. The third-order valence-electron chi connectivity index (χ3n) is 2.46. The molecule has 0 atom stereocenters. The molecular weight excluding hydrogens is 347 g/mol. The second-order valence-electron chi connectivity index (χ2n) is 3.89. The molecule has 0 aliphatic heterocycles.